The highest BCUT2D eigenvalue weighted by atomic mass is 79.9. The van der Waals surface area contributed by atoms with Crippen molar-refractivity contribution in [3.8, 4) is 5.75 Å². The second-order valence-electron chi connectivity index (χ2n) is 4.72. The zero-order valence-corrected chi connectivity index (χ0v) is 14.3. The lowest BCUT2D eigenvalue weighted by atomic mass is 10.2. The molecule has 0 fully saturated rings. The molecule has 0 aliphatic heterocycles. The first-order valence-electron chi connectivity index (χ1n) is 6.88. The van der Waals surface area contributed by atoms with Crippen LogP contribution >= 0.6 is 27.3 Å². The molecule has 2 nitrogen and oxygen atoms in total. The van der Waals surface area contributed by atoms with E-state index in [1.807, 2.05) is 12.1 Å². The molecule has 20 heavy (non-hydrogen) atoms. The quantitative estimate of drug-likeness (QED) is 0.742. The summed E-state index contributed by atoms with van der Waals surface area (Å²) in [6.07, 6.45) is 1.02. The number of ether oxygens (including phenoxy) is 1. The zero-order chi connectivity index (χ0) is 14.4. The van der Waals surface area contributed by atoms with Gasteiger partial charge >= 0.3 is 0 Å². The first-order valence-corrected chi connectivity index (χ1v) is 8.56. The van der Waals surface area contributed by atoms with Gasteiger partial charge in [0.2, 0.25) is 0 Å². The molecule has 4 heteroatoms. The lowest BCUT2D eigenvalue weighted by molar-refractivity contribution is 0.313. The molecule has 1 aromatic carbocycles. The largest absolute Gasteiger partial charge is 0.493 e. The van der Waals surface area contributed by atoms with Gasteiger partial charge in [-0.2, -0.15) is 0 Å². The summed E-state index contributed by atoms with van der Waals surface area (Å²) in [5.41, 5.74) is 1.19. The minimum Gasteiger partial charge on any atom is -0.493 e. The average molecular weight is 354 g/mol. The summed E-state index contributed by atoms with van der Waals surface area (Å²) in [6, 6.07) is 10.8. The van der Waals surface area contributed by atoms with Crippen molar-refractivity contribution >= 4 is 27.3 Å². The molecule has 0 amide bonds. The third-order valence-electron chi connectivity index (χ3n) is 3.05. The fourth-order valence-corrected chi connectivity index (χ4v) is 3.11. The third-order valence-corrected chi connectivity index (χ3v) is 4.60. The number of benzene rings is 1. The molecule has 0 radical (unpaired) electrons. The lowest BCUT2D eigenvalue weighted by Crippen LogP contribution is -2.17. The summed E-state index contributed by atoms with van der Waals surface area (Å²) in [5, 5.41) is 5.67. The molecule has 108 valence electrons. The highest BCUT2D eigenvalue weighted by Gasteiger charge is 2.09. The normalized spacial score (nSPS) is 12.3. The predicted octanol–water partition coefficient (Wildman–Crippen LogP) is 5.15. The Morgan fingerprint density at radius 1 is 1.35 bits per heavy atom. The maximum absolute atomic E-state index is 5.81. The van der Waals surface area contributed by atoms with E-state index in [4.69, 9.17) is 4.74 Å². The molecule has 1 atom stereocenters. The SMILES string of the molecule is CCCOc1ccc(Br)cc1CNC(C)c1cccs1. The minimum atomic E-state index is 0.355. The van der Waals surface area contributed by atoms with E-state index in [2.05, 4.69) is 58.7 Å². The van der Waals surface area contributed by atoms with Gasteiger partial charge in [0, 0.05) is 27.5 Å². The van der Waals surface area contributed by atoms with E-state index in [1.165, 1.54) is 10.4 Å². The molecular formula is C16H20BrNOS. The van der Waals surface area contributed by atoms with Gasteiger partial charge in [-0.1, -0.05) is 28.9 Å². The van der Waals surface area contributed by atoms with Crippen LogP contribution in [0.2, 0.25) is 0 Å². The molecule has 0 aliphatic carbocycles. The topological polar surface area (TPSA) is 21.3 Å². The van der Waals surface area contributed by atoms with E-state index < -0.39 is 0 Å². The smallest absolute Gasteiger partial charge is 0.123 e. The van der Waals surface area contributed by atoms with Crippen LogP contribution in [0.25, 0.3) is 0 Å². The van der Waals surface area contributed by atoms with Crippen LogP contribution in [-0.4, -0.2) is 6.61 Å². The Kier molecular flexibility index (Phi) is 6.07. The Bertz CT molecular complexity index is 527. The van der Waals surface area contributed by atoms with Gasteiger partial charge in [0.15, 0.2) is 0 Å². The van der Waals surface area contributed by atoms with Crippen LogP contribution in [0.4, 0.5) is 0 Å². The molecule has 0 saturated carbocycles. The van der Waals surface area contributed by atoms with E-state index in [1.54, 1.807) is 11.3 Å². The van der Waals surface area contributed by atoms with Gasteiger partial charge in [0.25, 0.3) is 0 Å². The minimum absolute atomic E-state index is 0.355. The third kappa shape index (κ3) is 4.33. The molecule has 0 spiro atoms. The second-order valence-corrected chi connectivity index (χ2v) is 6.61. The Morgan fingerprint density at radius 2 is 2.20 bits per heavy atom. The summed E-state index contributed by atoms with van der Waals surface area (Å²) in [5.74, 6) is 0.973. The van der Waals surface area contributed by atoms with Gasteiger partial charge in [-0.15, -0.1) is 11.3 Å². The second kappa shape index (κ2) is 7.81. The molecule has 2 rings (SSSR count). The monoisotopic (exact) mass is 353 g/mol. The highest BCUT2D eigenvalue weighted by molar-refractivity contribution is 9.10. The summed E-state index contributed by atoms with van der Waals surface area (Å²) in [4.78, 5) is 1.36. The van der Waals surface area contributed by atoms with Gasteiger partial charge in [0.05, 0.1) is 6.61 Å². The number of rotatable bonds is 7. The van der Waals surface area contributed by atoms with Crippen LogP contribution < -0.4 is 10.1 Å². The van der Waals surface area contributed by atoms with E-state index in [9.17, 15) is 0 Å². The first kappa shape index (κ1) is 15.5. The standard InChI is InChI=1S/C16H20BrNOS/c1-3-8-19-15-7-6-14(17)10-13(15)11-18-12(2)16-5-4-9-20-16/h4-7,9-10,12,18H,3,8,11H2,1-2H3. The van der Waals surface area contributed by atoms with Crippen molar-refractivity contribution in [3.05, 3.63) is 50.6 Å². The summed E-state index contributed by atoms with van der Waals surface area (Å²) in [6.45, 7) is 5.87. The molecule has 0 aliphatic rings. The van der Waals surface area contributed by atoms with Gasteiger partial charge in [-0.3, -0.25) is 0 Å². The molecule has 2 aromatic rings. The van der Waals surface area contributed by atoms with Crippen LogP contribution in [0.1, 0.15) is 36.8 Å². The van der Waals surface area contributed by atoms with Crippen molar-refractivity contribution in [1.29, 1.82) is 0 Å². The molecule has 1 unspecified atom stereocenters. The van der Waals surface area contributed by atoms with Crippen molar-refractivity contribution in [2.45, 2.75) is 32.9 Å². The molecule has 0 bridgehead atoms. The van der Waals surface area contributed by atoms with Crippen molar-refractivity contribution in [1.82, 2.24) is 5.32 Å². The molecule has 1 aromatic heterocycles. The Labute approximate surface area is 133 Å². The van der Waals surface area contributed by atoms with Crippen molar-refractivity contribution < 1.29 is 4.74 Å². The van der Waals surface area contributed by atoms with Crippen LogP contribution in [0.15, 0.2) is 40.2 Å². The fourth-order valence-electron chi connectivity index (χ4n) is 1.94. The van der Waals surface area contributed by atoms with Crippen molar-refractivity contribution in [3.63, 3.8) is 0 Å². The maximum atomic E-state index is 5.81. The first-order chi connectivity index (χ1) is 9.70. The van der Waals surface area contributed by atoms with Crippen LogP contribution in [0.3, 0.4) is 0 Å². The summed E-state index contributed by atoms with van der Waals surface area (Å²) >= 11 is 5.31. The molecular weight excluding hydrogens is 334 g/mol. The number of hydrogen-bond acceptors (Lipinski definition) is 3. The van der Waals surface area contributed by atoms with E-state index in [-0.39, 0.29) is 0 Å². The Balaban J connectivity index is 2.02. The number of hydrogen-bond donors (Lipinski definition) is 1. The van der Waals surface area contributed by atoms with Crippen molar-refractivity contribution in [2.75, 3.05) is 6.61 Å². The lowest BCUT2D eigenvalue weighted by Gasteiger charge is -2.15. The van der Waals surface area contributed by atoms with Crippen LogP contribution in [0, 0.1) is 0 Å². The van der Waals surface area contributed by atoms with Gasteiger partial charge in [-0.25, -0.2) is 0 Å². The van der Waals surface area contributed by atoms with Gasteiger partial charge in [-0.05, 0) is 43.0 Å². The molecule has 1 heterocycles. The van der Waals surface area contributed by atoms with Crippen LogP contribution in [-0.2, 0) is 6.54 Å². The Morgan fingerprint density at radius 3 is 2.90 bits per heavy atom. The van der Waals surface area contributed by atoms with Gasteiger partial charge in [0.1, 0.15) is 5.75 Å². The summed E-state index contributed by atoms with van der Waals surface area (Å²) in [7, 11) is 0. The average Bonchev–Trinajstić information content (AvgIpc) is 2.98. The van der Waals surface area contributed by atoms with Crippen molar-refractivity contribution in [2.24, 2.45) is 0 Å². The maximum Gasteiger partial charge on any atom is 0.123 e. The van der Waals surface area contributed by atoms with E-state index in [0.29, 0.717) is 6.04 Å². The number of nitrogens with one attached hydrogen (secondary N) is 1. The zero-order valence-electron chi connectivity index (χ0n) is 11.9. The molecule has 0 saturated heterocycles. The predicted molar refractivity (Wildman–Crippen MR) is 89.5 cm³/mol. The van der Waals surface area contributed by atoms with E-state index >= 15 is 0 Å². The highest BCUT2D eigenvalue weighted by Crippen LogP contribution is 2.25. The summed E-state index contributed by atoms with van der Waals surface area (Å²) < 4.78 is 6.89. The van der Waals surface area contributed by atoms with E-state index in [0.717, 1.165) is 29.8 Å². The fraction of sp³-hybridized carbons (Fsp3) is 0.375. The number of halogens is 1. The molecule has 1 N–H and O–H groups in total. The van der Waals surface area contributed by atoms with Gasteiger partial charge < -0.3 is 10.1 Å². The Hall–Kier alpha value is -0.840. The number of thiophene rings is 1. The van der Waals surface area contributed by atoms with Crippen LogP contribution in [0.5, 0.6) is 5.75 Å².